The third-order valence-electron chi connectivity index (χ3n) is 4.20. The van der Waals surface area contributed by atoms with E-state index in [1.807, 2.05) is 0 Å². The van der Waals surface area contributed by atoms with Gasteiger partial charge in [-0.05, 0) is 38.5 Å². The summed E-state index contributed by atoms with van der Waals surface area (Å²) in [6.07, 6.45) is 20.1. The minimum absolute atomic E-state index is 0.274. The third-order valence-corrected chi connectivity index (χ3v) is 4.69. The van der Waals surface area contributed by atoms with Gasteiger partial charge < -0.3 is 19.6 Å². The molecule has 3 N–H and O–H groups in total. The monoisotopic (exact) mass is 434 g/mol. The first-order valence-corrected chi connectivity index (χ1v) is 12.2. The van der Waals surface area contributed by atoms with Crippen LogP contribution < -0.4 is 0 Å². The van der Waals surface area contributed by atoms with Crippen LogP contribution in [0.25, 0.3) is 0 Å². The highest BCUT2D eigenvalue weighted by Gasteiger charge is 2.17. The zero-order valence-electron chi connectivity index (χ0n) is 17.7. The fraction of sp³-hybridized carbons (Fsp3) is 0.762. The summed E-state index contributed by atoms with van der Waals surface area (Å²) in [7, 11) is -4.62. The smallest absolute Gasteiger partial charge is 0.463 e. The molecular formula is C21H39O7P. The van der Waals surface area contributed by atoms with Crippen LogP contribution in [0.1, 0.15) is 84.0 Å². The predicted octanol–water partition coefficient (Wildman–Crippen LogP) is 4.81. The maximum absolute atomic E-state index is 11.5. The van der Waals surface area contributed by atoms with E-state index in [1.165, 1.54) is 25.7 Å². The van der Waals surface area contributed by atoms with Crippen LogP contribution in [0.2, 0.25) is 0 Å². The van der Waals surface area contributed by atoms with Crippen molar-refractivity contribution >= 4 is 13.8 Å². The van der Waals surface area contributed by atoms with E-state index in [-0.39, 0.29) is 13.0 Å². The van der Waals surface area contributed by atoms with Gasteiger partial charge in [-0.1, -0.05) is 63.3 Å². The fourth-order valence-electron chi connectivity index (χ4n) is 2.57. The zero-order valence-corrected chi connectivity index (χ0v) is 18.6. The summed E-state index contributed by atoms with van der Waals surface area (Å²) < 4.78 is 19.5. The minimum Gasteiger partial charge on any atom is -0.463 e. The van der Waals surface area contributed by atoms with E-state index in [9.17, 15) is 14.5 Å². The van der Waals surface area contributed by atoms with Crippen molar-refractivity contribution in [3.05, 3.63) is 24.3 Å². The number of ether oxygens (including phenoxy) is 1. The predicted molar refractivity (Wildman–Crippen MR) is 114 cm³/mol. The van der Waals surface area contributed by atoms with Gasteiger partial charge in [0.05, 0.1) is 6.61 Å². The van der Waals surface area contributed by atoms with Gasteiger partial charge in [-0.15, -0.1) is 0 Å². The van der Waals surface area contributed by atoms with Crippen LogP contribution in [0, 0.1) is 0 Å². The van der Waals surface area contributed by atoms with E-state index in [0.717, 1.165) is 44.9 Å². The maximum atomic E-state index is 11.5. The SMILES string of the molecule is CCCCC/C=C\C/C=C\CCCCCCCC(=O)OC[C@H](O)COP(=O)(O)O. The van der Waals surface area contributed by atoms with Crippen LogP contribution in [0.5, 0.6) is 0 Å². The lowest BCUT2D eigenvalue weighted by molar-refractivity contribution is -0.147. The van der Waals surface area contributed by atoms with Gasteiger partial charge in [0.25, 0.3) is 0 Å². The first-order valence-electron chi connectivity index (χ1n) is 10.7. The van der Waals surface area contributed by atoms with E-state index in [2.05, 4.69) is 35.8 Å². The maximum Gasteiger partial charge on any atom is 0.469 e. The number of unbranched alkanes of at least 4 members (excludes halogenated alkanes) is 8. The fourth-order valence-corrected chi connectivity index (χ4v) is 2.94. The molecule has 0 fully saturated rings. The molecule has 170 valence electrons. The molecule has 0 aromatic heterocycles. The number of aliphatic hydroxyl groups excluding tert-OH is 1. The molecule has 0 aromatic rings. The molecule has 8 heteroatoms. The number of phosphoric acid groups is 1. The summed E-state index contributed by atoms with van der Waals surface area (Å²) in [5, 5.41) is 9.41. The van der Waals surface area contributed by atoms with Crippen LogP contribution in [0.4, 0.5) is 0 Å². The second kappa shape index (κ2) is 19.0. The van der Waals surface area contributed by atoms with E-state index in [0.29, 0.717) is 0 Å². The van der Waals surface area contributed by atoms with Crippen molar-refractivity contribution in [3.63, 3.8) is 0 Å². The van der Waals surface area contributed by atoms with Crippen LogP contribution >= 0.6 is 7.82 Å². The summed E-state index contributed by atoms with van der Waals surface area (Å²) in [6, 6.07) is 0. The molecule has 0 heterocycles. The number of phosphoric ester groups is 1. The van der Waals surface area contributed by atoms with Crippen molar-refractivity contribution in [2.75, 3.05) is 13.2 Å². The second-order valence-corrected chi connectivity index (χ2v) is 8.34. The van der Waals surface area contributed by atoms with E-state index in [4.69, 9.17) is 14.5 Å². The molecule has 0 rings (SSSR count). The van der Waals surface area contributed by atoms with Gasteiger partial charge in [0.2, 0.25) is 0 Å². The van der Waals surface area contributed by atoms with Crippen LogP contribution in [-0.2, 0) is 18.6 Å². The van der Waals surface area contributed by atoms with Crippen LogP contribution in [0.3, 0.4) is 0 Å². The number of aliphatic hydroxyl groups is 1. The lowest BCUT2D eigenvalue weighted by Crippen LogP contribution is -2.23. The van der Waals surface area contributed by atoms with Gasteiger partial charge in [0, 0.05) is 6.42 Å². The molecule has 0 aliphatic heterocycles. The van der Waals surface area contributed by atoms with Crippen molar-refractivity contribution in [2.45, 2.75) is 90.1 Å². The summed E-state index contributed by atoms with van der Waals surface area (Å²) in [5.74, 6) is -0.425. The largest absolute Gasteiger partial charge is 0.469 e. The molecule has 0 saturated heterocycles. The van der Waals surface area contributed by atoms with Crippen LogP contribution in [0.15, 0.2) is 24.3 Å². The second-order valence-electron chi connectivity index (χ2n) is 7.10. The number of hydrogen-bond donors (Lipinski definition) is 3. The molecule has 0 aromatic carbocycles. The normalized spacial score (nSPS) is 13.4. The number of carbonyl (C=O) groups excluding carboxylic acids is 1. The van der Waals surface area contributed by atoms with Crippen molar-refractivity contribution < 1.29 is 33.5 Å². The van der Waals surface area contributed by atoms with Crippen molar-refractivity contribution in [1.29, 1.82) is 0 Å². The Bertz CT molecular complexity index is 499. The molecule has 0 saturated carbocycles. The Balaban J connectivity index is 3.44. The van der Waals surface area contributed by atoms with Crippen molar-refractivity contribution in [3.8, 4) is 0 Å². The highest BCUT2D eigenvalue weighted by Crippen LogP contribution is 2.35. The van der Waals surface area contributed by atoms with E-state index >= 15 is 0 Å². The average molecular weight is 435 g/mol. The molecule has 29 heavy (non-hydrogen) atoms. The Hall–Kier alpha value is -0.980. The van der Waals surface area contributed by atoms with Gasteiger partial charge >= 0.3 is 13.8 Å². The molecule has 0 aliphatic rings. The highest BCUT2D eigenvalue weighted by atomic mass is 31.2. The van der Waals surface area contributed by atoms with Gasteiger partial charge in [-0.3, -0.25) is 9.32 Å². The molecule has 0 unspecified atom stereocenters. The molecule has 7 nitrogen and oxygen atoms in total. The van der Waals surface area contributed by atoms with Crippen molar-refractivity contribution in [2.24, 2.45) is 0 Å². The standard InChI is InChI=1S/C21H39O7P/c1-2-3-4-5-6-7-8-9-10-11-12-13-14-15-16-17-21(23)27-18-20(22)19-28-29(24,25)26/h6-7,9-10,20,22H,2-5,8,11-19H2,1H3,(H2,24,25,26)/b7-6-,10-9-/t20-/m0/s1. The summed E-state index contributed by atoms with van der Waals surface area (Å²) in [6.45, 7) is 1.30. The van der Waals surface area contributed by atoms with Crippen LogP contribution in [-0.4, -0.2) is 40.2 Å². The number of carbonyl (C=O) groups is 1. The Morgan fingerprint density at radius 3 is 2.10 bits per heavy atom. The first-order chi connectivity index (χ1) is 13.8. The molecule has 1 atom stereocenters. The van der Waals surface area contributed by atoms with Gasteiger partial charge in [-0.25, -0.2) is 4.57 Å². The lowest BCUT2D eigenvalue weighted by atomic mass is 10.1. The molecule has 0 amide bonds. The molecular weight excluding hydrogens is 395 g/mol. The van der Waals surface area contributed by atoms with E-state index in [1.54, 1.807) is 0 Å². The molecule has 0 radical (unpaired) electrons. The van der Waals surface area contributed by atoms with Gasteiger partial charge in [0.15, 0.2) is 0 Å². The Labute approximate surface area is 175 Å². The third kappa shape index (κ3) is 23.2. The Morgan fingerprint density at radius 2 is 1.48 bits per heavy atom. The Kier molecular flexibility index (Phi) is 18.4. The summed E-state index contributed by atoms with van der Waals surface area (Å²) in [5.41, 5.74) is 0. The summed E-state index contributed by atoms with van der Waals surface area (Å²) >= 11 is 0. The average Bonchev–Trinajstić information content (AvgIpc) is 2.67. The van der Waals surface area contributed by atoms with Gasteiger partial charge in [-0.2, -0.15) is 0 Å². The van der Waals surface area contributed by atoms with E-state index < -0.39 is 26.5 Å². The number of rotatable bonds is 19. The first kappa shape index (κ1) is 28.0. The summed E-state index contributed by atoms with van der Waals surface area (Å²) in [4.78, 5) is 28.6. The molecule has 0 aliphatic carbocycles. The number of esters is 1. The van der Waals surface area contributed by atoms with Gasteiger partial charge in [0.1, 0.15) is 12.7 Å². The lowest BCUT2D eigenvalue weighted by Gasteiger charge is -2.12. The number of allylic oxidation sites excluding steroid dienone is 4. The highest BCUT2D eigenvalue weighted by molar-refractivity contribution is 7.46. The minimum atomic E-state index is -4.62. The number of hydrogen-bond acceptors (Lipinski definition) is 5. The molecule has 0 bridgehead atoms. The Morgan fingerprint density at radius 1 is 0.897 bits per heavy atom. The molecule has 0 spiro atoms. The quantitative estimate of drug-likeness (QED) is 0.116. The zero-order chi connectivity index (χ0) is 21.8. The van der Waals surface area contributed by atoms with Crippen molar-refractivity contribution in [1.82, 2.24) is 0 Å². The topological polar surface area (TPSA) is 113 Å².